The first kappa shape index (κ1) is 16.7. The topological polar surface area (TPSA) is 63.6 Å². The Kier molecular flexibility index (Phi) is 5.52. The summed E-state index contributed by atoms with van der Waals surface area (Å²) in [6.07, 6.45) is 0.409. The molecule has 0 fully saturated rings. The molecule has 2 unspecified atom stereocenters. The molecule has 0 spiro atoms. The Balaban J connectivity index is 2.16. The van der Waals surface area contributed by atoms with Crippen LogP contribution in [0.1, 0.15) is 35.4 Å². The first-order chi connectivity index (χ1) is 11.0. The number of carbonyl (C=O) groups excluding carboxylic acids is 1. The molecule has 120 valence electrons. The molecule has 0 radical (unpaired) electrons. The van der Waals surface area contributed by atoms with Gasteiger partial charge in [0, 0.05) is 0 Å². The van der Waals surface area contributed by atoms with Crippen LogP contribution in [0, 0.1) is 0 Å². The summed E-state index contributed by atoms with van der Waals surface area (Å²) in [5.74, 6) is -2.05. The van der Waals surface area contributed by atoms with Crippen molar-refractivity contribution in [3.05, 3.63) is 71.3 Å². The summed E-state index contributed by atoms with van der Waals surface area (Å²) in [5.41, 5.74) is 2.56. The zero-order valence-electron chi connectivity index (χ0n) is 13.2. The second kappa shape index (κ2) is 7.58. The van der Waals surface area contributed by atoms with E-state index in [2.05, 4.69) is 0 Å². The fraction of sp³-hybridized carbons (Fsp3) is 0.263. The highest BCUT2D eigenvalue weighted by molar-refractivity contribution is 5.78. The summed E-state index contributed by atoms with van der Waals surface area (Å²) >= 11 is 0. The van der Waals surface area contributed by atoms with Crippen LogP contribution in [0.2, 0.25) is 0 Å². The lowest BCUT2D eigenvalue weighted by Gasteiger charge is -2.14. The van der Waals surface area contributed by atoms with Crippen LogP contribution in [0.15, 0.2) is 54.6 Å². The molecule has 0 saturated heterocycles. The van der Waals surface area contributed by atoms with Crippen molar-refractivity contribution in [1.29, 1.82) is 0 Å². The van der Waals surface area contributed by atoms with Gasteiger partial charge in [0.15, 0.2) is 0 Å². The maximum absolute atomic E-state index is 11.5. The monoisotopic (exact) mass is 312 g/mol. The van der Waals surface area contributed by atoms with E-state index in [1.165, 1.54) is 7.11 Å². The summed E-state index contributed by atoms with van der Waals surface area (Å²) in [4.78, 5) is 23.1. The molecule has 0 amide bonds. The van der Waals surface area contributed by atoms with Gasteiger partial charge in [-0.15, -0.1) is 0 Å². The first-order valence-electron chi connectivity index (χ1n) is 7.47. The van der Waals surface area contributed by atoms with Crippen molar-refractivity contribution in [3.63, 3.8) is 0 Å². The largest absolute Gasteiger partial charge is 0.481 e. The average molecular weight is 312 g/mol. The molecule has 0 saturated carbocycles. The molecule has 2 rings (SSSR count). The normalized spacial score (nSPS) is 13.1. The summed E-state index contributed by atoms with van der Waals surface area (Å²) in [6, 6.07) is 16.6. The second-order valence-corrected chi connectivity index (χ2v) is 5.49. The van der Waals surface area contributed by atoms with Gasteiger partial charge in [-0.25, -0.2) is 0 Å². The van der Waals surface area contributed by atoms with Gasteiger partial charge in [0.2, 0.25) is 0 Å². The van der Waals surface area contributed by atoms with Gasteiger partial charge in [-0.3, -0.25) is 9.59 Å². The van der Waals surface area contributed by atoms with E-state index in [0.29, 0.717) is 6.42 Å². The van der Waals surface area contributed by atoms with Crippen molar-refractivity contribution in [2.24, 2.45) is 0 Å². The van der Waals surface area contributed by atoms with E-state index in [1.54, 1.807) is 6.92 Å². The quantitative estimate of drug-likeness (QED) is 0.831. The Morgan fingerprint density at radius 2 is 1.61 bits per heavy atom. The number of methoxy groups -OCH3 is 1. The van der Waals surface area contributed by atoms with Gasteiger partial charge >= 0.3 is 11.9 Å². The lowest BCUT2D eigenvalue weighted by atomic mass is 9.91. The molecule has 0 aliphatic rings. The smallest absolute Gasteiger partial charge is 0.312 e. The van der Waals surface area contributed by atoms with Crippen molar-refractivity contribution >= 4 is 11.9 Å². The number of hydrogen-bond donors (Lipinski definition) is 1. The van der Waals surface area contributed by atoms with Crippen molar-refractivity contribution in [3.8, 4) is 0 Å². The molecule has 0 bridgehead atoms. The van der Waals surface area contributed by atoms with Gasteiger partial charge in [-0.1, -0.05) is 54.6 Å². The van der Waals surface area contributed by atoms with Gasteiger partial charge in [0.25, 0.3) is 0 Å². The molecule has 1 N–H and O–H groups in total. The van der Waals surface area contributed by atoms with Crippen LogP contribution in [0.3, 0.4) is 0 Å². The van der Waals surface area contributed by atoms with Crippen LogP contribution in [-0.2, 0) is 20.7 Å². The van der Waals surface area contributed by atoms with E-state index in [1.807, 2.05) is 54.6 Å². The lowest BCUT2D eigenvalue weighted by molar-refractivity contribution is -0.142. The van der Waals surface area contributed by atoms with Crippen LogP contribution in [0.5, 0.6) is 0 Å². The number of benzene rings is 2. The summed E-state index contributed by atoms with van der Waals surface area (Å²) < 4.78 is 4.73. The average Bonchev–Trinajstić information content (AvgIpc) is 2.59. The fourth-order valence-electron chi connectivity index (χ4n) is 2.52. The number of esters is 1. The zero-order chi connectivity index (χ0) is 16.8. The third-order valence-electron chi connectivity index (χ3n) is 3.97. The van der Waals surface area contributed by atoms with E-state index >= 15 is 0 Å². The zero-order valence-corrected chi connectivity index (χ0v) is 13.2. The van der Waals surface area contributed by atoms with E-state index in [9.17, 15) is 14.7 Å². The minimum atomic E-state index is -0.844. The van der Waals surface area contributed by atoms with Crippen molar-refractivity contribution in [2.45, 2.75) is 25.2 Å². The van der Waals surface area contributed by atoms with Crippen molar-refractivity contribution < 1.29 is 19.4 Å². The predicted octanol–water partition coefficient (Wildman–Crippen LogP) is 3.37. The van der Waals surface area contributed by atoms with Gasteiger partial charge in [0.05, 0.1) is 18.9 Å². The Morgan fingerprint density at radius 1 is 1.00 bits per heavy atom. The third kappa shape index (κ3) is 4.19. The number of ether oxygens (including phenoxy) is 1. The predicted molar refractivity (Wildman–Crippen MR) is 87.4 cm³/mol. The maximum atomic E-state index is 11.5. The number of carboxylic acids is 1. The minimum Gasteiger partial charge on any atom is -0.481 e. The number of aliphatic carboxylic acids is 1. The molecule has 2 atom stereocenters. The molecule has 4 heteroatoms. The summed E-state index contributed by atoms with van der Waals surface area (Å²) in [6.45, 7) is 1.78. The molecule has 0 aliphatic carbocycles. The maximum Gasteiger partial charge on any atom is 0.312 e. The molecule has 0 aromatic heterocycles. The van der Waals surface area contributed by atoms with Crippen molar-refractivity contribution in [2.75, 3.05) is 7.11 Å². The number of carbonyl (C=O) groups is 2. The van der Waals surface area contributed by atoms with Gasteiger partial charge < -0.3 is 9.84 Å². The molecule has 0 heterocycles. The Hall–Kier alpha value is -2.62. The van der Waals surface area contributed by atoms with E-state index in [-0.39, 0.29) is 11.9 Å². The number of carboxylic acid groups (broad SMARTS) is 1. The van der Waals surface area contributed by atoms with E-state index in [0.717, 1.165) is 16.7 Å². The van der Waals surface area contributed by atoms with E-state index < -0.39 is 11.9 Å². The first-order valence-corrected chi connectivity index (χ1v) is 7.47. The number of rotatable bonds is 6. The van der Waals surface area contributed by atoms with Crippen LogP contribution >= 0.6 is 0 Å². The highest BCUT2D eigenvalue weighted by atomic mass is 16.5. The molecule has 2 aromatic carbocycles. The molecule has 2 aromatic rings. The van der Waals surface area contributed by atoms with Crippen LogP contribution < -0.4 is 0 Å². The third-order valence-corrected chi connectivity index (χ3v) is 3.97. The molecule has 23 heavy (non-hydrogen) atoms. The molecular weight excluding hydrogens is 292 g/mol. The summed E-state index contributed by atoms with van der Waals surface area (Å²) in [7, 11) is 1.37. The Morgan fingerprint density at radius 3 is 2.13 bits per heavy atom. The van der Waals surface area contributed by atoms with Gasteiger partial charge in [0.1, 0.15) is 0 Å². The molecular formula is C19H20O4. The summed E-state index contributed by atoms with van der Waals surface area (Å²) in [5, 5.41) is 9.47. The van der Waals surface area contributed by atoms with E-state index in [4.69, 9.17) is 4.74 Å². The lowest BCUT2D eigenvalue weighted by Crippen LogP contribution is -2.14. The van der Waals surface area contributed by atoms with Gasteiger partial charge in [-0.05, 0) is 30.0 Å². The standard InChI is InChI=1S/C19H20O4/c1-13(19(22)23-2)15-10-8-14(9-11-15)12-17(18(20)21)16-6-4-3-5-7-16/h3-11,13,17H,12H2,1-2H3,(H,20,21). The highest BCUT2D eigenvalue weighted by Crippen LogP contribution is 2.23. The minimum absolute atomic E-state index is 0.287. The Bertz CT molecular complexity index is 662. The van der Waals surface area contributed by atoms with Crippen LogP contribution in [-0.4, -0.2) is 24.2 Å². The van der Waals surface area contributed by atoms with Crippen LogP contribution in [0.25, 0.3) is 0 Å². The van der Waals surface area contributed by atoms with Crippen LogP contribution in [0.4, 0.5) is 0 Å². The Labute approximate surface area is 135 Å². The van der Waals surface area contributed by atoms with Crippen molar-refractivity contribution in [1.82, 2.24) is 0 Å². The molecule has 4 nitrogen and oxygen atoms in total. The SMILES string of the molecule is COC(=O)C(C)c1ccc(CC(C(=O)O)c2ccccc2)cc1. The molecule has 0 aliphatic heterocycles. The fourth-order valence-corrected chi connectivity index (χ4v) is 2.52. The van der Waals surface area contributed by atoms with Gasteiger partial charge in [-0.2, -0.15) is 0 Å². The highest BCUT2D eigenvalue weighted by Gasteiger charge is 2.20. The number of hydrogen-bond acceptors (Lipinski definition) is 3. The second-order valence-electron chi connectivity index (χ2n) is 5.49.